The van der Waals surface area contributed by atoms with Crippen LogP contribution in [0.2, 0.25) is 5.02 Å². The molecule has 0 radical (unpaired) electrons. The second-order valence-corrected chi connectivity index (χ2v) is 6.11. The summed E-state index contributed by atoms with van der Waals surface area (Å²) in [6.07, 6.45) is 5.26. The number of anilines is 2. The fourth-order valence-corrected chi connectivity index (χ4v) is 2.74. The molecule has 8 nitrogen and oxygen atoms in total. The quantitative estimate of drug-likeness (QED) is 0.543. The highest BCUT2D eigenvalue weighted by Gasteiger charge is 2.21. The van der Waals surface area contributed by atoms with Crippen molar-refractivity contribution in [3.05, 3.63) is 71.7 Å². The van der Waals surface area contributed by atoms with Gasteiger partial charge in [0.2, 0.25) is 0 Å². The average Bonchev–Trinajstić information content (AvgIpc) is 3.33. The molecule has 0 aliphatic heterocycles. The van der Waals surface area contributed by atoms with Gasteiger partial charge in [-0.1, -0.05) is 17.7 Å². The van der Waals surface area contributed by atoms with Crippen LogP contribution in [0.25, 0.3) is 17.0 Å². The minimum atomic E-state index is -0.541. The predicted molar refractivity (Wildman–Crippen MR) is 101 cm³/mol. The number of nitrogen functional groups attached to an aromatic ring is 1. The van der Waals surface area contributed by atoms with Crippen LogP contribution in [0, 0.1) is 5.82 Å². The largest absolute Gasteiger partial charge is 0.443 e. The van der Waals surface area contributed by atoms with Crippen molar-refractivity contribution in [2.45, 2.75) is 0 Å². The molecule has 0 spiro atoms. The Morgan fingerprint density at radius 3 is 2.79 bits per heavy atom. The first-order chi connectivity index (χ1) is 13.5. The van der Waals surface area contributed by atoms with Crippen LogP contribution in [-0.2, 0) is 0 Å². The number of rotatable bonds is 4. The summed E-state index contributed by atoms with van der Waals surface area (Å²) < 4.78 is 20.9. The smallest absolute Gasteiger partial charge is 0.262 e. The molecule has 0 atom stereocenters. The van der Waals surface area contributed by atoms with E-state index in [0.29, 0.717) is 16.5 Å². The van der Waals surface area contributed by atoms with Crippen molar-refractivity contribution in [2.24, 2.45) is 0 Å². The lowest BCUT2D eigenvalue weighted by Crippen LogP contribution is -2.15. The van der Waals surface area contributed by atoms with Gasteiger partial charge in [-0.2, -0.15) is 5.10 Å². The number of aromatic nitrogens is 4. The van der Waals surface area contributed by atoms with Crippen LogP contribution in [0.3, 0.4) is 0 Å². The molecule has 4 rings (SSSR count). The van der Waals surface area contributed by atoms with Crippen LogP contribution in [0.5, 0.6) is 0 Å². The number of hydrogen-bond donors (Lipinski definition) is 2. The van der Waals surface area contributed by atoms with Crippen LogP contribution in [0.4, 0.5) is 16.0 Å². The van der Waals surface area contributed by atoms with Crippen molar-refractivity contribution in [2.75, 3.05) is 11.1 Å². The normalized spacial score (nSPS) is 10.8. The third-order valence-corrected chi connectivity index (χ3v) is 4.14. The van der Waals surface area contributed by atoms with Crippen LogP contribution in [0.15, 0.2) is 59.7 Å². The standard InChI is InChI=1S/C18H12ClFN6O2/c19-10-4-5-15(23-6-10)25-18(27)11-7-24-26(17(11)21)13-3-1-2-12(20)16(13)14-8-22-9-28-14/h1-9H,21H2,(H,23,25,27). The van der Waals surface area contributed by atoms with Crippen molar-refractivity contribution in [1.29, 1.82) is 0 Å². The maximum absolute atomic E-state index is 14.4. The number of nitrogens with one attached hydrogen (secondary N) is 1. The lowest BCUT2D eigenvalue weighted by atomic mass is 10.1. The Bertz CT molecular complexity index is 1140. The number of benzene rings is 1. The molecule has 0 aliphatic carbocycles. The Hall–Kier alpha value is -3.72. The topological polar surface area (TPSA) is 112 Å². The van der Waals surface area contributed by atoms with Crippen LogP contribution in [0.1, 0.15) is 10.4 Å². The molecule has 140 valence electrons. The molecule has 1 amide bonds. The molecule has 28 heavy (non-hydrogen) atoms. The number of carbonyl (C=O) groups excluding carboxylic acids is 1. The molecule has 10 heteroatoms. The Morgan fingerprint density at radius 2 is 2.07 bits per heavy atom. The van der Waals surface area contributed by atoms with E-state index in [-0.39, 0.29) is 22.7 Å². The van der Waals surface area contributed by atoms with Crippen molar-refractivity contribution in [3.63, 3.8) is 0 Å². The van der Waals surface area contributed by atoms with Gasteiger partial charge in [-0.15, -0.1) is 0 Å². The van der Waals surface area contributed by atoms with Crippen molar-refractivity contribution in [1.82, 2.24) is 19.7 Å². The highest BCUT2D eigenvalue weighted by molar-refractivity contribution is 6.30. The van der Waals surface area contributed by atoms with Crippen molar-refractivity contribution in [3.8, 4) is 17.0 Å². The van der Waals surface area contributed by atoms with Gasteiger partial charge >= 0.3 is 0 Å². The van der Waals surface area contributed by atoms with Gasteiger partial charge in [-0.25, -0.2) is 19.0 Å². The van der Waals surface area contributed by atoms with Gasteiger partial charge in [0.15, 0.2) is 12.2 Å². The third-order valence-electron chi connectivity index (χ3n) is 3.92. The monoisotopic (exact) mass is 398 g/mol. The fraction of sp³-hybridized carbons (Fsp3) is 0. The molecule has 3 N–H and O–H groups in total. The average molecular weight is 399 g/mol. The van der Waals surface area contributed by atoms with E-state index in [9.17, 15) is 9.18 Å². The van der Waals surface area contributed by atoms with Gasteiger partial charge in [0.05, 0.1) is 28.7 Å². The van der Waals surface area contributed by atoms with Gasteiger partial charge in [-0.3, -0.25) is 4.79 Å². The van der Waals surface area contributed by atoms with E-state index in [1.54, 1.807) is 18.2 Å². The number of amides is 1. The molecule has 4 aromatic rings. The second-order valence-electron chi connectivity index (χ2n) is 5.67. The molecular weight excluding hydrogens is 387 g/mol. The Kier molecular flexibility index (Phi) is 4.50. The molecule has 0 fully saturated rings. The van der Waals surface area contributed by atoms with Gasteiger partial charge in [0, 0.05) is 6.20 Å². The van der Waals surface area contributed by atoms with E-state index >= 15 is 0 Å². The predicted octanol–water partition coefficient (Wildman–Crippen LogP) is 3.55. The summed E-state index contributed by atoms with van der Waals surface area (Å²) in [5, 5.41) is 7.18. The van der Waals surface area contributed by atoms with E-state index in [1.807, 2.05) is 0 Å². The van der Waals surface area contributed by atoms with Crippen LogP contribution < -0.4 is 11.1 Å². The first kappa shape index (κ1) is 17.7. The Balaban J connectivity index is 1.71. The van der Waals surface area contributed by atoms with E-state index in [2.05, 4.69) is 20.4 Å². The summed E-state index contributed by atoms with van der Waals surface area (Å²) in [5.41, 5.74) is 6.65. The van der Waals surface area contributed by atoms with Gasteiger partial charge < -0.3 is 15.5 Å². The van der Waals surface area contributed by atoms with Crippen molar-refractivity contribution < 1.29 is 13.6 Å². The van der Waals surface area contributed by atoms with E-state index in [4.69, 9.17) is 21.8 Å². The van der Waals surface area contributed by atoms with Gasteiger partial charge in [0.1, 0.15) is 23.0 Å². The first-order valence-electron chi connectivity index (χ1n) is 7.98. The second kappa shape index (κ2) is 7.12. The molecule has 1 aromatic carbocycles. The van der Waals surface area contributed by atoms with E-state index in [0.717, 1.165) is 0 Å². The summed E-state index contributed by atoms with van der Waals surface area (Å²) in [7, 11) is 0. The zero-order valence-electron chi connectivity index (χ0n) is 14.1. The number of oxazole rings is 1. The lowest BCUT2D eigenvalue weighted by Gasteiger charge is -2.10. The highest BCUT2D eigenvalue weighted by Crippen LogP contribution is 2.31. The number of halogens is 2. The SMILES string of the molecule is Nc1c(C(=O)Nc2ccc(Cl)cn2)cnn1-c1cccc(F)c1-c1cnco1. The number of nitrogens with two attached hydrogens (primary N) is 1. The first-order valence-corrected chi connectivity index (χ1v) is 8.36. The molecule has 3 aromatic heterocycles. The molecule has 0 bridgehead atoms. The highest BCUT2D eigenvalue weighted by atomic mass is 35.5. The van der Waals surface area contributed by atoms with Gasteiger partial charge in [0.25, 0.3) is 5.91 Å². The number of hydrogen-bond acceptors (Lipinski definition) is 6. The molecule has 3 heterocycles. The Labute approximate surface area is 162 Å². The Morgan fingerprint density at radius 1 is 1.21 bits per heavy atom. The summed E-state index contributed by atoms with van der Waals surface area (Å²) >= 11 is 5.78. The summed E-state index contributed by atoms with van der Waals surface area (Å²) in [5.74, 6) is -0.524. The van der Waals surface area contributed by atoms with Crippen molar-refractivity contribution >= 4 is 29.1 Å². The lowest BCUT2D eigenvalue weighted by molar-refractivity contribution is 0.102. The molecule has 0 saturated heterocycles. The summed E-state index contributed by atoms with van der Waals surface area (Å²) in [6.45, 7) is 0. The fourth-order valence-electron chi connectivity index (χ4n) is 2.63. The minimum absolute atomic E-state index is 0.0258. The zero-order valence-corrected chi connectivity index (χ0v) is 14.9. The summed E-state index contributed by atoms with van der Waals surface area (Å²) in [6, 6.07) is 7.53. The maximum Gasteiger partial charge on any atom is 0.262 e. The van der Waals surface area contributed by atoms with Crippen LogP contribution >= 0.6 is 11.6 Å². The zero-order chi connectivity index (χ0) is 19.7. The van der Waals surface area contributed by atoms with E-state index < -0.39 is 11.7 Å². The molecule has 0 saturated carbocycles. The molecule has 0 aliphatic rings. The maximum atomic E-state index is 14.4. The van der Waals surface area contributed by atoms with E-state index in [1.165, 1.54) is 41.8 Å². The number of carbonyl (C=O) groups is 1. The third kappa shape index (κ3) is 3.19. The van der Waals surface area contributed by atoms with Crippen LogP contribution in [-0.4, -0.2) is 25.7 Å². The number of nitrogens with zero attached hydrogens (tertiary/aromatic N) is 4. The van der Waals surface area contributed by atoms with Gasteiger partial charge in [-0.05, 0) is 24.3 Å². The molecule has 0 unspecified atom stereocenters. The minimum Gasteiger partial charge on any atom is -0.443 e. The summed E-state index contributed by atoms with van der Waals surface area (Å²) in [4.78, 5) is 20.3. The number of pyridine rings is 1. The molecular formula is C18H12ClFN6O2.